The van der Waals surface area contributed by atoms with Crippen molar-refractivity contribution < 1.29 is 29.4 Å². The average molecular weight is 470 g/mol. The monoisotopic (exact) mass is 470 g/mol. The number of rotatable bonds is 6. The molecular formula is C27H22N2O6. The first-order valence-electron chi connectivity index (χ1n) is 11.0. The molecule has 2 saturated carbocycles. The third-order valence-corrected chi connectivity index (χ3v) is 6.95. The molecule has 2 aliphatic rings. The SMILES string of the molecule is C#Cc1ccc(NC(=O)C2C3CC(C2C(=O)O)C(C(=O)Nc2cccc(C#C)c2)C3C(=O)O)cc1. The molecule has 2 fully saturated rings. The van der Waals surface area contributed by atoms with Crippen LogP contribution in [-0.2, 0) is 19.2 Å². The van der Waals surface area contributed by atoms with Crippen molar-refractivity contribution in [2.45, 2.75) is 6.42 Å². The van der Waals surface area contributed by atoms with Gasteiger partial charge in [-0.2, -0.15) is 0 Å². The van der Waals surface area contributed by atoms with E-state index in [0.29, 0.717) is 22.5 Å². The first kappa shape index (κ1) is 23.6. The summed E-state index contributed by atoms with van der Waals surface area (Å²) in [5, 5.41) is 25.3. The van der Waals surface area contributed by atoms with Crippen molar-refractivity contribution in [1.82, 2.24) is 0 Å². The van der Waals surface area contributed by atoms with Gasteiger partial charge in [0.25, 0.3) is 0 Å². The molecule has 4 rings (SSSR count). The van der Waals surface area contributed by atoms with Gasteiger partial charge < -0.3 is 20.8 Å². The first-order valence-corrected chi connectivity index (χ1v) is 11.0. The van der Waals surface area contributed by atoms with Crippen molar-refractivity contribution in [3.05, 3.63) is 59.7 Å². The van der Waals surface area contributed by atoms with Crippen LogP contribution in [0.3, 0.4) is 0 Å². The number of benzene rings is 2. The molecule has 0 radical (unpaired) electrons. The number of hydrogen-bond acceptors (Lipinski definition) is 4. The van der Waals surface area contributed by atoms with Gasteiger partial charge in [-0.3, -0.25) is 19.2 Å². The minimum absolute atomic E-state index is 0.143. The highest BCUT2D eigenvalue weighted by Crippen LogP contribution is 2.59. The number of fused-ring (bicyclic) bond motifs is 2. The summed E-state index contributed by atoms with van der Waals surface area (Å²) in [7, 11) is 0. The van der Waals surface area contributed by atoms with Gasteiger partial charge in [0, 0.05) is 22.5 Å². The molecule has 6 unspecified atom stereocenters. The standard InChI is InChI=1S/C27H22N2O6/c1-3-14-8-10-16(11-9-14)28-24(30)20-18-13-19(22(20)26(32)33)21(23(18)27(34)35)25(31)29-17-7-5-6-15(4-2)12-17/h1-2,5-12,18-23H,13H2,(H,28,30)(H,29,31)(H,32,33)(H,34,35). The second-order valence-corrected chi connectivity index (χ2v) is 8.77. The maximum absolute atomic E-state index is 13.2. The van der Waals surface area contributed by atoms with E-state index in [1.165, 1.54) is 0 Å². The normalized spacial score (nSPS) is 26.2. The first-order chi connectivity index (χ1) is 16.7. The summed E-state index contributed by atoms with van der Waals surface area (Å²) < 4.78 is 0. The highest BCUT2D eigenvalue weighted by Gasteiger charge is 2.66. The molecule has 2 aromatic carbocycles. The maximum Gasteiger partial charge on any atom is 0.307 e. The predicted octanol–water partition coefficient (Wildman–Crippen LogP) is 2.51. The van der Waals surface area contributed by atoms with Gasteiger partial charge in [0.2, 0.25) is 11.8 Å². The van der Waals surface area contributed by atoms with E-state index in [2.05, 4.69) is 22.5 Å². The van der Waals surface area contributed by atoms with E-state index in [-0.39, 0.29) is 6.42 Å². The number of terminal acetylenes is 2. The third-order valence-electron chi connectivity index (χ3n) is 6.95. The fourth-order valence-electron chi connectivity index (χ4n) is 5.59. The van der Waals surface area contributed by atoms with Crippen molar-refractivity contribution in [3.63, 3.8) is 0 Å². The molecule has 176 valence electrons. The van der Waals surface area contributed by atoms with Crippen LogP contribution in [0.15, 0.2) is 48.5 Å². The molecular weight excluding hydrogens is 448 g/mol. The molecule has 8 heteroatoms. The summed E-state index contributed by atoms with van der Waals surface area (Å²) in [4.78, 5) is 50.8. The lowest BCUT2D eigenvalue weighted by atomic mass is 9.67. The molecule has 0 spiro atoms. The lowest BCUT2D eigenvalue weighted by Gasteiger charge is -2.36. The van der Waals surface area contributed by atoms with Gasteiger partial charge >= 0.3 is 11.9 Å². The van der Waals surface area contributed by atoms with E-state index in [1.54, 1.807) is 48.5 Å². The van der Waals surface area contributed by atoms with E-state index in [0.717, 1.165) is 0 Å². The maximum atomic E-state index is 13.2. The van der Waals surface area contributed by atoms with Gasteiger partial charge in [0.1, 0.15) is 0 Å². The molecule has 4 N–H and O–H groups in total. The second kappa shape index (κ2) is 9.36. The minimum atomic E-state index is -1.24. The van der Waals surface area contributed by atoms with Crippen molar-refractivity contribution >= 4 is 35.1 Å². The van der Waals surface area contributed by atoms with Crippen LogP contribution in [0, 0.1) is 60.2 Å². The Hall–Kier alpha value is -4.56. The van der Waals surface area contributed by atoms with Gasteiger partial charge in [-0.15, -0.1) is 12.8 Å². The molecule has 2 aromatic rings. The minimum Gasteiger partial charge on any atom is -0.481 e. The van der Waals surface area contributed by atoms with Gasteiger partial charge in [-0.1, -0.05) is 17.9 Å². The van der Waals surface area contributed by atoms with Crippen molar-refractivity contribution in [3.8, 4) is 24.7 Å². The summed E-state index contributed by atoms with van der Waals surface area (Å²) in [6.07, 6.45) is 10.9. The van der Waals surface area contributed by atoms with Crippen LogP contribution in [0.5, 0.6) is 0 Å². The number of hydrogen-bond donors (Lipinski definition) is 4. The molecule has 0 aliphatic heterocycles. The van der Waals surface area contributed by atoms with Crippen LogP contribution in [0.25, 0.3) is 0 Å². The molecule has 0 saturated heterocycles. The van der Waals surface area contributed by atoms with E-state index >= 15 is 0 Å². The Morgan fingerprint density at radius 2 is 1.23 bits per heavy atom. The fraction of sp³-hybridized carbons (Fsp3) is 0.259. The van der Waals surface area contributed by atoms with Crippen molar-refractivity contribution in [1.29, 1.82) is 0 Å². The molecule has 35 heavy (non-hydrogen) atoms. The quantitative estimate of drug-likeness (QED) is 0.480. The summed E-state index contributed by atoms with van der Waals surface area (Å²) in [5.41, 5.74) is 1.93. The van der Waals surface area contributed by atoms with Crippen LogP contribution < -0.4 is 10.6 Å². The Kier molecular flexibility index (Phi) is 6.31. The van der Waals surface area contributed by atoms with Crippen molar-refractivity contribution in [2.24, 2.45) is 35.5 Å². The van der Waals surface area contributed by atoms with Crippen LogP contribution in [-0.4, -0.2) is 34.0 Å². The number of carbonyl (C=O) groups is 4. The predicted molar refractivity (Wildman–Crippen MR) is 127 cm³/mol. The third kappa shape index (κ3) is 4.34. The van der Waals surface area contributed by atoms with E-state index in [1.807, 2.05) is 0 Å². The number of amides is 2. The Balaban J connectivity index is 1.60. The van der Waals surface area contributed by atoms with E-state index in [4.69, 9.17) is 12.8 Å². The zero-order valence-electron chi connectivity index (χ0n) is 18.5. The number of carboxylic acids is 2. The smallest absolute Gasteiger partial charge is 0.307 e. The zero-order chi connectivity index (χ0) is 25.3. The summed E-state index contributed by atoms with van der Waals surface area (Å²) in [5.74, 6) is -4.99. The molecule has 0 heterocycles. The number of carboxylic acid groups (broad SMARTS) is 2. The van der Waals surface area contributed by atoms with Gasteiger partial charge in [0.15, 0.2) is 0 Å². The largest absolute Gasteiger partial charge is 0.481 e. The van der Waals surface area contributed by atoms with Crippen LogP contribution >= 0.6 is 0 Å². The highest BCUT2D eigenvalue weighted by molar-refractivity contribution is 6.00. The average Bonchev–Trinajstić information content (AvgIpc) is 3.41. The Morgan fingerprint density at radius 3 is 1.71 bits per heavy atom. The van der Waals surface area contributed by atoms with Gasteiger partial charge in [-0.25, -0.2) is 0 Å². The number of nitrogens with one attached hydrogen (secondary N) is 2. The lowest BCUT2D eigenvalue weighted by Crippen LogP contribution is -2.49. The van der Waals surface area contributed by atoms with Gasteiger partial charge in [0.05, 0.1) is 23.7 Å². The number of aliphatic carboxylic acids is 2. The zero-order valence-corrected chi connectivity index (χ0v) is 18.5. The molecule has 2 amide bonds. The Labute approximate surface area is 201 Å². The van der Waals surface area contributed by atoms with Crippen molar-refractivity contribution in [2.75, 3.05) is 10.6 Å². The van der Waals surface area contributed by atoms with E-state index < -0.39 is 59.3 Å². The number of anilines is 2. The molecule has 8 nitrogen and oxygen atoms in total. The Bertz CT molecular complexity index is 1290. The Morgan fingerprint density at radius 1 is 0.714 bits per heavy atom. The number of carbonyl (C=O) groups excluding carboxylic acids is 2. The lowest BCUT2D eigenvalue weighted by molar-refractivity contribution is -0.159. The van der Waals surface area contributed by atoms with E-state index in [9.17, 15) is 29.4 Å². The van der Waals surface area contributed by atoms with Crippen LogP contribution in [0.2, 0.25) is 0 Å². The summed E-state index contributed by atoms with van der Waals surface area (Å²) >= 11 is 0. The second-order valence-electron chi connectivity index (χ2n) is 8.77. The summed E-state index contributed by atoms with van der Waals surface area (Å²) in [6.45, 7) is 0. The highest BCUT2D eigenvalue weighted by atomic mass is 16.4. The molecule has 0 aromatic heterocycles. The fourth-order valence-corrected chi connectivity index (χ4v) is 5.59. The topological polar surface area (TPSA) is 133 Å². The molecule has 2 bridgehead atoms. The molecule has 6 atom stereocenters. The summed E-state index contributed by atoms with van der Waals surface area (Å²) in [6, 6.07) is 12.9. The molecule has 2 aliphatic carbocycles. The van der Waals surface area contributed by atoms with Gasteiger partial charge in [-0.05, 0) is 60.7 Å². The van der Waals surface area contributed by atoms with Crippen LogP contribution in [0.4, 0.5) is 11.4 Å². The van der Waals surface area contributed by atoms with Crippen LogP contribution in [0.1, 0.15) is 17.5 Å².